The Hall–Kier alpha value is -1.52. The lowest BCUT2D eigenvalue weighted by molar-refractivity contribution is -0.137. The second-order valence-corrected chi connectivity index (χ2v) is 5.20. The molecule has 18 heavy (non-hydrogen) atoms. The van der Waals surface area contributed by atoms with Gasteiger partial charge in [0.15, 0.2) is 0 Å². The van der Waals surface area contributed by atoms with Crippen LogP contribution in [0.1, 0.15) is 34.8 Å². The molecule has 1 heterocycles. The van der Waals surface area contributed by atoms with Crippen molar-refractivity contribution < 1.29 is 18.0 Å². The smallest absolute Gasteiger partial charge is 0.351 e. The lowest BCUT2D eigenvalue weighted by Crippen LogP contribution is -2.40. The van der Waals surface area contributed by atoms with Crippen molar-refractivity contribution in [3.8, 4) is 0 Å². The first kappa shape index (κ1) is 11.6. The van der Waals surface area contributed by atoms with Gasteiger partial charge in [0, 0.05) is 17.5 Å². The van der Waals surface area contributed by atoms with E-state index in [1.807, 2.05) is 6.92 Å². The van der Waals surface area contributed by atoms with Crippen molar-refractivity contribution in [2.45, 2.75) is 24.9 Å². The number of nitrogens with one attached hydrogen (secondary N) is 1. The molecule has 96 valence electrons. The van der Waals surface area contributed by atoms with E-state index in [1.165, 1.54) is 6.07 Å². The summed E-state index contributed by atoms with van der Waals surface area (Å²) in [6.45, 7) is 2.45. The molecule has 2 atom stereocenters. The summed E-state index contributed by atoms with van der Waals surface area (Å²) >= 11 is 0. The molecule has 1 aliphatic heterocycles. The first-order chi connectivity index (χ1) is 8.34. The van der Waals surface area contributed by atoms with Gasteiger partial charge in [0.25, 0.3) is 5.91 Å². The number of benzene rings is 1. The summed E-state index contributed by atoms with van der Waals surface area (Å²) in [5, 5.41) is 2.76. The molecule has 0 aromatic heterocycles. The van der Waals surface area contributed by atoms with Crippen molar-refractivity contribution in [3.05, 3.63) is 34.9 Å². The highest BCUT2D eigenvalue weighted by molar-refractivity contribution is 5.98. The van der Waals surface area contributed by atoms with E-state index in [0.29, 0.717) is 23.6 Å². The number of amides is 1. The molecule has 0 radical (unpaired) electrons. The van der Waals surface area contributed by atoms with E-state index in [9.17, 15) is 18.0 Å². The van der Waals surface area contributed by atoms with Crippen molar-refractivity contribution in [2.75, 3.05) is 6.54 Å². The van der Waals surface area contributed by atoms with Gasteiger partial charge in [0.2, 0.25) is 0 Å². The lowest BCUT2D eigenvalue weighted by Gasteiger charge is -2.27. The highest BCUT2D eigenvalue weighted by Crippen LogP contribution is 2.56. The third-order valence-corrected chi connectivity index (χ3v) is 4.15. The van der Waals surface area contributed by atoms with Crippen LogP contribution >= 0.6 is 0 Å². The Morgan fingerprint density at radius 2 is 2.06 bits per heavy atom. The molecule has 5 heteroatoms. The fourth-order valence-electron chi connectivity index (χ4n) is 2.87. The Morgan fingerprint density at radius 3 is 2.61 bits per heavy atom. The van der Waals surface area contributed by atoms with E-state index in [1.54, 1.807) is 0 Å². The number of fused-ring (bicyclic) bond motifs is 2. The van der Waals surface area contributed by atoms with Gasteiger partial charge in [-0.05, 0) is 36.1 Å². The molecule has 1 aromatic carbocycles. The quantitative estimate of drug-likeness (QED) is 0.758. The van der Waals surface area contributed by atoms with Crippen LogP contribution in [0.4, 0.5) is 13.2 Å². The van der Waals surface area contributed by atoms with Gasteiger partial charge in [0.1, 0.15) is 0 Å². The van der Waals surface area contributed by atoms with Crippen molar-refractivity contribution in [3.63, 3.8) is 0 Å². The van der Waals surface area contributed by atoms with E-state index in [-0.39, 0.29) is 11.3 Å². The first-order valence-electron chi connectivity index (χ1n) is 5.84. The zero-order valence-corrected chi connectivity index (χ0v) is 9.77. The van der Waals surface area contributed by atoms with Crippen LogP contribution in [0.15, 0.2) is 18.2 Å². The van der Waals surface area contributed by atoms with Gasteiger partial charge in [-0.2, -0.15) is 13.2 Å². The molecular formula is C13H12F3NO. The number of halogens is 3. The fraction of sp³-hybridized carbons (Fsp3) is 0.462. The molecule has 0 bridgehead atoms. The van der Waals surface area contributed by atoms with Gasteiger partial charge in [-0.3, -0.25) is 4.79 Å². The molecule has 2 unspecified atom stereocenters. The molecule has 2 aliphatic rings. The van der Waals surface area contributed by atoms with Crippen molar-refractivity contribution >= 4 is 5.91 Å². The van der Waals surface area contributed by atoms with Gasteiger partial charge < -0.3 is 5.32 Å². The third-order valence-electron chi connectivity index (χ3n) is 4.15. The Morgan fingerprint density at radius 1 is 1.39 bits per heavy atom. The van der Waals surface area contributed by atoms with Crippen LogP contribution in [0.25, 0.3) is 0 Å². The number of carbonyl (C=O) groups excluding carboxylic acids is 1. The zero-order chi connectivity index (χ0) is 13.1. The summed E-state index contributed by atoms with van der Waals surface area (Å²) in [5.74, 6) is 0.0452. The second kappa shape index (κ2) is 3.28. The van der Waals surface area contributed by atoms with Gasteiger partial charge >= 0.3 is 6.18 Å². The maximum atomic E-state index is 12.7. The van der Waals surface area contributed by atoms with Crippen LogP contribution in [0.2, 0.25) is 0 Å². The molecule has 1 amide bonds. The number of hydrogen-bond donors (Lipinski definition) is 1. The molecule has 1 spiro atoms. The minimum atomic E-state index is -4.36. The van der Waals surface area contributed by atoms with Crippen LogP contribution in [0.3, 0.4) is 0 Å². The van der Waals surface area contributed by atoms with Gasteiger partial charge in [-0.25, -0.2) is 0 Å². The van der Waals surface area contributed by atoms with Gasteiger partial charge in [0.05, 0.1) is 5.56 Å². The average molecular weight is 255 g/mol. The van der Waals surface area contributed by atoms with E-state index >= 15 is 0 Å². The monoisotopic (exact) mass is 255 g/mol. The highest BCUT2D eigenvalue weighted by Gasteiger charge is 2.56. The predicted molar refractivity (Wildman–Crippen MR) is 59.2 cm³/mol. The molecule has 1 fully saturated rings. The Labute approximate surface area is 102 Å². The Kier molecular flexibility index (Phi) is 2.10. The fourth-order valence-corrected chi connectivity index (χ4v) is 2.87. The van der Waals surface area contributed by atoms with E-state index < -0.39 is 11.7 Å². The first-order valence-corrected chi connectivity index (χ1v) is 5.84. The summed E-state index contributed by atoms with van der Waals surface area (Å²) in [7, 11) is 0. The SMILES string of the molecule is CC1CC12CNC(=O)c1ccc(C(F)(F)F)cc12. The summed E-state index contributed by atoms with van der Waals surface area (Å²) < 4.78 is 38.2. The lowest BCUT2D eigenvalue weighted by atomic mass is 9.84. The van der Waals surface area contributed by atoms with Crippen molar-refractivity contribution in [1.82, 2.24) is 5.32 Å². The van der Waals surface area contributed by atoms with Crippen molar-refractivity contribution in [2.24, 2.45) is 5.92 Å². The molecule has 1 N–H and O–H groups in total. The van der Waals surface area contributed by atoms with E-state index in [2.05, 4.69) is 5.32 Å². The molecular weight excluding hydrogens is 243 g/mol. The van der Waals surface area contributed by atoms with Crippen LogP contribution in [0.5, 0.6) is 0 Å². The summed E-state index contributed by atoms with van der Waals surface area (Å²) in [5.41, 5.74) is 0.00595. The number of hydrogen-bond acceptors (Lipinski definition) is 1. The summed E-state index contributed by atoms with van der Waals surface area (Å²) in [6, 6.07) is 3.42. The van der Waals surface area contributed by atoms with Crippen LogP contribution in [0, 0.1) is 5.92 Å². The maximum absolute atomic E-state index is 12.7. The standard InChI is InChI=1S/C13H12F3NO/c1-7-5-12(7)6-17-11(18)9-3-2-8(4-10(9)12)13(14,15)16/h2-4,7H,5-6H2,1H3,(H,17,18). The maximum Gasteiger partial charge on any atom is 0.416 e. The van der Waals surface area contributed by atoms with Gasteiger partial charge in [-0.15, -0.1) is 0 Å². The minimum Gasteiger partial charge on any atom is -0.351 e. The second-order valence-electron chi connectivity index (χ2n) is 5.20. The van der Waals surface area contributed by atoms with Crippen LogP contribution in [-0.2, 0) is 11.6 Å². The molecule has 1 aliphatic carbocycles. The van der Waals surface area contributed by atoms with Crippen LogP contribution < -0.4 is 5.32 Å². The zero-order valence-electron chi connectivity index (χ0n) is 9.77. The number of rotatable bonds is 0. The Bertz CT molecular complexity index is 538. The summed E-state index contributed by atoms with van der Waals surface area (Å²) in [6.07, 6.45) is -3.52. The summed E-state index contributed by atoms with van der Waals surface area (Å²) in [4.78, 5) is 11.7. The van der Waals surface area contributed by atoms with Gasteiger partial charge in [-0.1, -0.05) is 6.92 Å². The Balaban J connectivity index is 2.15. The van der Waals surface area contributed by atoms with E-state index in [0.717, 1.165) is 18.6 Å². The molecule has 1 saturated carbocycles. The van der Waals surface area contributed by atoms with Crippen molar-refractivity contribution in [1.29, 1.82) is 0 Å². The van der Waals surface area contributed by atoms with Crippen LogP contribution in [-0.4, -0.2) is 12.5 Å². The topological polar surface area (TPSA) is 29.1 Å². The predicted octanol–water partition coefficient (Wildman–Crippen LogP) is 2.73. The number of alkyl halides is 3. The number of carbonyl (C=O) groups is 1. The highest BCUT2D eigenvalue weighted by atomic mass is 19.4. The minimum absolute atomic E-state index is 0.273. The molecule has 2 nitrogen and oxygen atoms in total. The molecule has 3 rings (SSSR count). The third kappa shape index (κ3) is 1.46. The molecule has 0 saturated heterocycles. The normalized spacial score (nSPS) is 30.0. The average Bonchev–Trinajstić information content (AvgIpc) is 2.95. The largest absolute Gasteiger partial charge is 0.416 e. The molecule has 1 aromatic rings. The van der Waals surface area contributed by atoms with E-state index in [4.69, 9.17) is 0 Å².